The summed E-state index contributed by atoms with van der Waals surface area (Å²) in [4.78, 5) is 1.37. The fraction of sp³-hybridized carbons (Fsp3) is 0.312. The zero-order valence-electron chi connectivity index (χ0n) is 11.6. The van der Waals surface area contributed by atoms with Crippen LogP contribution in [0.3, 0.4) is 0 Å². The van der Waals surface area contributed by atoms with Crippen molar-refractivity contribution < 1.29 is 0 Å². The molecule has 0 radical (unpaired) electrons. The van der Waals surface area contributed by atoms with E-state index in [1.54, 1.807) is 11.3 Å². The molecule has 2 N–H and O–H groups in total. The van der Waals surface area contributed by atoms with Crippen molar-refractivity contribution in [2.45, 2.75) is 31.2 Å². The Bertz CT molecular complexity index is 619. The molecule has 1 aromatic carbocycles. The monoisotopic (exact) mass is 336 g/mol. The number of thiocarbonyl (C=S) groups is 1. The largest absolute Gasteiger partial charge is 0.352 e. The fourth-order valence-electron chi connectivity index (χ4n) is 2.91. The Balaban J connectivity index is 1.73. The first kappa shape index (κ1) is 14.8. The lowest BCUT2D eigenvalue weighted by atomic mass is 9.96. The summed E-state index contributed by atoms with van der Waals surface area (Å²) in [5.41, 5.74) is 0.913. The highest BCUT2D eigenvalue weighted by Crippen LogP contribution is 2.40. The number of nitrogens with one attached hydrogen (secondary N) is 2. The average Bonchev–Trinajstić information content (AvgIpc) is 3.09. The second kappa shape index (κ2) is 6.34. The van der Waals surface area contributed by atoms with E-state index in [0.29, 0.717) is 10.1 Å². The number of thiophene rings is 1. The van der Waals surface area contributed by atoms with Crippen LogP contribution in [0.1, 0.15) is 30.6 Å². The Hall–Kier alpha value is -1.10. The zero-order valence-corrected chi connectivity index (χ0v) is 14.0. The van der Waals surface area contributed by atoms with Gasteiger partial charge in [-0.25, -0.2) is 0 Å². The predicted molar refractivity (Wildman–Crippen MR) is 95.3 cm³/mol. The topological polar surface area (TPSA) is 24.1 Å². The van der Waals surface area contributed by atoms with Crippen molar-refractivity contribution in [2.24, 2.45) is 0 Å². The summed E-state index contributed by atoms with van der Waals surface area (Å²) in [6, 6.07) is 11.9. The lowest BCUT2D eigenvalue weighted by molar-refractivity contribution is 0.417. The van der Waals surface area contributed by atoms with Gasteiger partial charge in [0.05, 0.1) is 5.54 Å². The summed E-state index contributed by atoms with van der Waals surface area (Å²) in [5, 5.41) is 10.3. The third-order valence-electron chi connectivity index (χ3n) is 3.89. The van der Waals surface area contributed by atoms with Crippen LogP contribution in [0.15, 0.2) is 41.8 Å². The maximum absolute atomic E-state index is 6.01. The Morgan fingerprint density at radius 2 is 2.00 bits per heavy atom. The van der Waals surface area contributed by atoms with E-state index in [1.165, 1.54) is 17.7 Å². The quantitative estimate of drug-likeness (QED) is 0.757. The van der Waals surface area contributed by atoms with E-state index >= 15 is 0 Å². The molecule has 0 atom stereocenters. The van der Waals surface area contributed by atoms with Crippen LogP contribution >= 0.6 is 35.2 Å². The minimum absolute atomic E-state index is 0.00315. The first-order chi connectivity index (χ1) is 10.2. The van der Waals surface area contributed by atoms with Crippen LogP contribution in [0, 0.1) is 0 Å². The van der Waals surface area contributed by atoms with E-state index < -0.39 is 0 Å². The molecule has 1 heterocycles. The maximum Gasteiger partial charge on any atom is 0.171 e. The molecule has 2 nitrogen and oxygen atoms in total. The molecule has 0 spiro atoms. The molecule has 3 rings (SSSR count). The van der Waals surface area contributed by atoms with Gasteiger partial charge in [0.25, 0.3) is 0 Å². The molecule has 0 unspecified atom stereocenters. The second-order valence-electron chi connectivity index (χ2n) is 5.36. The van der Waals surface area contributed by atoms with Gasteiger partial charge in [0.1, 0.15) is 0 Å². The summed E-state index contributed by atoms with van der Waals surface area (Å²) in [5.74, 6) is 0. The van der Waals surface area contributed by atoms with Gasteiger partial charge in [-0.2, -0.15) is 0 Å². The summed E-state index contributed by atoms with van der Waals surface area (Å²) in [6.45, 7) is 0. The van der Waals surface area contributed by atoms with Crippen molar-refractivity contribution in [3.8, 4) is 0 Å². The summed E-state index contributed by atoms with van der Waals surface area (Å²) < 4.78 is 0. The van der Waals surface area contributed by atoms with E-state index in [2.05, 4.69) is 28.1 Å². The third kappa shape index (κ3) is 3.39. The minimum Gasteiger partial charge on any atom is -0.352 e. The van der Waals surface area contributed by atoms with E-state index in [1.807, 2.05) is 24.3 Å². The van der Waals surface area contributed by atoms with Gasteiger partial charge in [-0.05, 0) is 54.7 Å². The van der Waals surface area contributed by atoms with Gasteiger partial charge >= 0.3 is 0 Å². The van der Waals surface area contributed by atoms with E-state index in [4.69, 9.17) is 23.8 Å². The highest BCUT2D eigenvalue weighted by atomic mass is 35.5. The van der Waals surface area contributed by atoms with E-state index in [-0.39, 0.29) is 5.54 Å². The minimum atomic E-state index is -0.00315. The number of hydrogen-bond donors (Lipinski definition) is 2. The van der Waals surface area contributed by atoms with Crippen molar-refractivity contribution in [2.75, 3.05) is 5.32 Å². The van der Waals surface area contributed by atoms with Crippen molar-refractivity contribution >= 4 is 46.0 Å². The van der Waals surface area contributed by atoms with Crippen LogP contribution in [0.2, 0.25) is 5.02 Å². The van der Waals surface area contributed by atoms with Crippen molar-refractivity contribution in [3.05, 3.63) is 51.7 Å². The average molecular weight is 337 g/mol. The van der Waals surface area contributed by atoms with Crippen LogP contribution in [-0.2, 0) is 5.54 Å². The van der Waals surface area contributed by atoms with Crippen LogP contribution < -0.4 is 10.6 Å². The molecule has 110 valence electrons. The lowest BCUT2D eigenvalue weighted by Crippen LogP contribution is -2.45. The molecule has 1 saturated carbocycles. The lowest BCUT2D eigenvalue weighted by Gasteiger charge is -2.31. The number of rotatable bonds is 3. The number of anilines is 1. The van der Waals surface area contributed by atoms with Gasteiger partial charge in [0, 0.05) is 15.6 Å². The number of hydrogen-bond acceptors (Lipinski definition) is 2. The first-order valence-electron chi connectivity index (χ1n) is 7.07. The molecular weight excluding hydrogens is 320 g/mol. The second-order valence-corrected chi connectivity index (χ2v) is 7.15. The zero-order chi connectivity index (χ0) is 14.7. The molecule has 21 heavy (non-hydrogen) atoms. The fourth-order valence-corrected chi connectivity index (χ4v) is 4.35. The normalized spacial score (nSPS) is 16.6. The molecule has 1 aliphatic rings. The van der Waals surface area contributed by atoms with E-state index in [9.17, 15) is 0 Å². The Labute approximate surface area is 139 Å². The van der Waals surface area contributed by atoms with Crippen molar-refractivity contribution in [3.63, 3.8) is 0 Å². The standard InChI is InChI=1S/C16H17ClN2S2/c17-12-5-3-6-13(11-12)18-15(20)19-16(8-1-2-9-16)14-7-4-10-21-14/h3-7,10-11H,1-2,8-9H2,(H2,18,19,20). The smallest absolute Gasteiger partial charge is 0.171 e. The third-order valence-corrected chi connectivity index (χ3v) is 5.40. The Morgan fingerprint density at radius 1 is 1.19 bits per heavy atom. The number of benzene rings is 1. The first-order valence-corrected chi connectivity index (χ1v) is 8.73. The molecule has 1 fully saturated rings. The maximum atomic E-state index is 6.01. The molecule has 0 aliphatic heterocycles. The van der Waals surface area contributed by atoms with Gasteiger partial charge < -0.3 is 10.6 Å². The van der Waals surface area contributed by atoms with Gasteiger partial charge in [-0.1, -0.05) is 36.6 Å². The van der Waals surface area contributed by atoms with Crippen molar-refractivity contribution in [1.82, 2.24) is 5.32 Å². The highest BCUT2D eigenvalue weighted by Gasteiger charge is 2.37. The molecule has 0 saturated heterocycles. The predicted octanol–water partition coefficient (Wildman–Crippen LogP) is 5.16. The van der Waals surface area contributed by atoms with Crippen LogP contribution in [0.5, 0.6) is 0 Å². The molecule has 1 aromatic heterocycles. The van der Waals surface area contributed by atoms with Gasteiger partial charge in [-0.3, -0.25) is 0 Å². The molecule has 2 aromatic rings. The summed E-state index contributed by atoms with van der Waals surface area (Å²) >= 11 is 13.3. The van der Waals surface area contributed by atoms with Gasteiger partial charge in [0.2, 0.25) is 0 Å². The molecule has 1 aliphatic carbocycles. The van der Waals surface area contributed by atoms with Gasteiger partial charge in [0.15, 0.2) is 5.11 Å². The SMILES string of the molecule is S=C(Nc1cccc(Cl)c1)NC1(c2cccs2)CCCC1. The summed E-state index contributed by atoms with van der Waals surface area (Å²) in [7, 11) is 0. The molecule has 0 amide bonds. The Morgan fingerprint density at radius 3 is 2.67 bits per heavy atom. The highest BCUT2D eigenvalue weighted by molar-refractivity contribution is 7.80. The van der Waals surface area contributed by atoms with Crippen LogP contribution in [0.25, 0.3) is 0 Å². The van der Waals surface area contributed by atoms with Crippen LogP contribution in [-0.4, -0.2) is 5.11 Å². The Kier molecular flexibility index (Phi) is 4.48. The molecule has 5 heteroatoms. The molecule has 0 bridgehead atoms. The number of halogens is 1. The van der Waals surface area contributed by atoms with E-state index in [0.717, 1.165) is 18.5 Å². The van der Waals surface area contributed by atoms with Gasteiger partial charge in [-0.15, -0.1) is 11.3 Å². The van der Waals surface area contributed by atoms with Crippen LogP contribution in [0.4, 0.5) is 5.69 Å². The summed E-state index contributed by atoms with van der Waals surface area (Å²) in [6.07, 6.45) is 4.74. The van der Waals surface area contributed by atoms with Crippen molar-refractivity contribution in [1.29, 1.82) is 0 Å². The molecular formula is C16H17ClN2S2.